The number of thiazole rings is 1. The topological polar surface area (TPSA) is 60.5 Å². The van der Waals surface area contributed by atoms with Gasteiger partial charge in [0, 0.05) is 56.5 Å². The SMILES string of the molecule is Cc1nc(C(=O)N2CCC(Nc3ccc(F)cc3)CC2)c(-c2ccc(CN3C[C@@H](C)N[C@@H](C)C3)cc2)s1. The first-order valence-corrected chi connectivity index (χ1v) is 14.0. The van der Waals surface area contributed by atoms with Gasteiger partial charge in [0.15, 0.2) is 0 Å². The van der Waals surface area contributed by atoms with E-state index in [4.69, 9.17) is 0 Å². The second-order valence-electron chi connectivity index (χ2n) is 10.5. The van der Waals surface area contributed by atoms with Crippen LogP contribution in [0.25, 0.3) is 10.4 Å². The molecule has 8 heteroatoms. The Labute approximate surface area is 222 Å². The summed E-state index contributed by atoms with van der Waals surface area (Å²) in [6, 6.07) is 16.3. The number of hydrogen-bond acceptors (Lipinski definition) is 6. The first-order chi connectivity index (χ1) is 17.8. The number of benzene rings is 2. The molecule has 1 amide bonds. The fourth-order valence-corrected chi connectivity index (χ4v) is 6.43. The molecular formula is C29H36FN5OS. The van der Waals surface area contributed by atoms with Crippen LogP contribution in [0.1, 0.15) is 47.7 Å². The van der Waals surface area contributed by atoms with E-state index in [1.807, 2.05) is 11.8 Å². The minimum Gasteiger partial charge on any atom is -0.382 e. The van der Waals surface area contributed by atoms with Crippen LogP contribution in [0.15, 0.2) is 48.5 Å². The van der Waals surface area contributed by atoms with Crippen LogP contribution in [0.4, 0.5) is 10.1 Å². The molecule has 2 N–H and O–H groups in total. The van der Waals surface area contributed by atoms with Gasteiger partial charge in [-0.2, -0.15) is 0 Å². The number of piperidine rings is 1. The molecule has 3 aromatic rings. The molecule has 0 unspecified atom stereocenters. The molecule has 2 aliphatic heterocycles. The maximum Gasteiger partial charge on any atom is 0.273 e. The number of carbonyl (C=O) groups excluding carboxylic acids is 1. The van der Waals surface area contributed by atoms with Crippen molar-refractivity contribution in [2.75, 3.05) is 31.5 Å². The van der Waals surface area contributed by atoms with Crippen molar-refractivity contribution in [3.8, 4) is 10.4 Å². The van der Waals surface area contributed by atoms with Gasteiger partial charge >= 0.3 is 0 Å². The highest BCUT2D eigenvalue weighted by Gasteiger charge is 2.28. The fourth-order valence-electron chi connectivity index (χ4n) is 5.52. The number of piperazine rings is 1. The lowest BCUT2D eigenvalue weighted by Crippen LogP contribution is -2.53. The van der Waals surface area contributed by atoms with Gasteiger partial charge in [-0.15, -0.1) is 11.3 Å². The predicted molar refractivity (Wildman–Crippen MR) is 149 cm³/mol. The summed E-state index contributed by atoms with van der Waals surface area (Å²) in [7, 11) is 0. The lowest BCUT2D eigenvalue weighted by molar-refractivity contribution is 0.0714. The molecule has 3 heterocycles. The van der Waals surface area contributed by atoms with Gasteiger partial charge in [0.05, 0.1) is 9.88 Å². The Kier molecular flexibility index (Phi) is 7.88. The summed E-state index contributed by atoms with van der Waals surface area (Å²) in [4.78, 5) is 23.5. The molecule has 37 heavy (non-hydrogen) atoms. The first-order valence-electron chi connectivity index (χ1n) is 13.2. The molecular weight excluding hydrogens is 485 g/mol. The Bertz CT molecular complexity index is 1190. The molecule has 2 aromatic carbocycles. The van der Waals surface area contributed by atoms with Gasteiger partial charge < -0.3 is 15.5 Å². The Balaban J connectivity index is 1.22. The van der Waals surface area contributed by atoms with E-state index >= 15 is 0 Å². The van der Waals surface area contributed by atoms with E-state index in [2.05, 4.69) is 58.6 Å². The predicted octanol–water partition coefficient (Wildman–Crippen LogP) is 5.16. The smallest absolute Gasteiger partial charge is 0.273 e. The zero-order valence-electron chi connectivity index (χ0n) is 21.8. The number of amides is 1. The average molecular weight is 522 g/mol. The van der Waals surface area contributed by atoms with Crippen LogP contribution in [0.2, 0.25) is 0 Å². The molecule has 2 atom stereocenters. The molecule has 0 radical (unpaired) electrons. The maximum absolute atomic E-state index is 13.5. The molecule has 0 saturated carbocycles. The molecule has 2 fully saturated rings. The van der Waals surface area contributed by atoms with Crippen molar-refractivity contribution >= 4 is 22.9 Å². The van der Waals surface area contributed by atoms with Crippen LogP contribution in [0.5, 0.6) is 0 Å². The van der Waals surface area contributed by atoms with Crippen LogP contribution in [0.3, 0.4) is 0 Å². The van der Waals surface area contributed by atoms with Crippen LogP contribution in [-0.2, 0) is 6.54 Å². The van der Waals surface area contributed by atoms with Crippen molar-refractivity contribution in [1.82, 2.24) is 20.1 Å². The first kappa shape index (κ1) is 25.8. The highest BCUT2D eigenvalue weighted by molar-refractivity contribution is 7.15. The van der Waals surface area contributed by atoms with Crippen LogP contribution in [0, 0.1) is 12.7 Å². The number of rotatable bonds is 6. The molecule has 0 bridgehead atoms. The highest BCUT2D eigenvalue weighted by Crippen LogP contribution is 2.32. The summed E-state index contributed by atoms with van der Waals surface area (Å²) in [6.45, 7) is 10.8. The molecule has 0 spiro atoms. The lowest BCUT2D eigenvalue weighted by Gasteiger charge is -2.36. The van der Waals surface area contributed by atoms with Crippen molar-refractivity contribution in [2.45, 2.75) is 58.3 Å². The van der Waals surface area contributed by atoms with Gasteiger partial charge in [-0.3, -0.25) is 9.69 Å². The maximum atomic E-state index is 13.5. The Morgan fingerprint density at radius 2 is 1.70 bits per heavy atom. The summed E-state index contributed by atoms with van der Waals surface area (Å²) in [5, 5.41) is 7.95. The average Bonchev–Trinajstić information content (AvgIpc) is 3.27. The quantitative estimate of drug-likeness (QED) is 0.470. The fraction of sp³-hybridized carbons (Fsp3) is 0.448. The molecule has 2 aliphatic rings. The number of aryl methyl sites for hydroxylation is 1. The summed E-state index contributed by atoms with van der Waals surface area (Å²) >= 11 is 1.59. The third-order valence-electron chi connectivity index (χ3n) is 7.19. The largest absolute Gasteiger partial charge is 0.382 e. The molecule has 2 saturated heterocycles. The Morgan fingerprint density at radius 1 is 1.05 bits per heavy atom. The summed E-state index contributed by atoms with van der Waals surface area (Å²) < 4.78 is 13.2. The van der Waals surface area contributed by atoms with E-state index in [9.17, 15) is 9.18 Å². The Hall–Kier alpha value is -2.81. The highest BCUT2D eigenvalue weighted by atomic mass is 32.1. The van der Waals surface area contributed by atoms with Gasteiger partial charge in [-0.05, 0) is 69.0 Å². The zero-order chi connectivity index (χ0) is 25.9. The summed E-state index contributed by atoms with van der Waals surface area (Å²) in [5.74, 6) is -0.230. The summed E-state index contributed by atoms with van der Waals surface area (Å²) in [6.07, 6.45) is 1.69. The molecule has 1 aromatic heterocycles. The third kappa shape index (κ3) is 6.37. The van der Waals surface area contributed by atoms with Gasteiger partial charge in [0.1, 0.15) is 11.5 Å². The van der Waals surface area contributed by atoms with E-state index in [1.54, 1.807) is 23.5 Å². The second-order valence-corrected chi connectivity index (χ2v) is 11.7. The number of carbonyl (C=O) groups is 1. The van der Waals surface area contributed by atoms with E-state index in [0.29, 0.717) is 30.9 Å². The standard InChI is InChI=1S/C29H36FN5OS/c1-19-16-34(17-20(2)31-19)18-22-4-6-23(7-5-22)28-27(32-21(3)37-28)29(36)35-14-12-26(13-15-35)33-25-10-8-24(30)9-11-25/h4-11,19-20,26,31,33H,12-18H2,1-3H3/t19-,20+. The normalized spacial score (nSPS) is 21.2. The lowest BCUT2D eigenvalue weighted by atomic mass is 10.0. The zero-order valence-corrected chi connectivity index (χ0v) is 22.7. The molecule has 6 nitrogen and oxygen atoms in total. The van der Waals surface area contributed by atoms with Gasteiger partial charge in [-0.25, -0.2) is 9.37 Å². The molecule has 5 rings (SSSR count). The third-order valence-corrected chi connectivity index (χ3v) is 8.21. The van der Waals surface area contributed by atoms with E-state index in [0.717, 1.165) is 53.6 Å². The monoisotopic (exact) mass is 521 g/mol. The number of anilines is 1. The van der Waals surface area contributed by atoms with Crippen LogP contribution < -0.4 is 10.6 Å². The second kappa shape index (κ2) is 11.3. The Morgan fingerprint density at radius 3 is 2.35 bits per heavy atom. The van der Waals surface area contributed by atoms with Crippen molar-refractivity contribution in [2.24, 2.45) is 0 Å². The van der Waals surface area contributed by atoms with Crippen LogP contribution in [-0.4, -0.2) is 65.0 Å². The number of halogens is 1. The van der Waals surface area contributed by atoms with Gasteiger partial charge in [-0.1, -0.05) is 24.3 Å². The van der Waals surface area contributed by atoms with Crippen molar-refractivity contribution in [3.63, 3.8) is 0 Å². The minimum absolute atomic E-state index is 0.00690. The van der Waals surface area contributed by atoms with Crippen molar-refractivity contribution < 1.29 is 9.18 Å². The van der Waals surface area contributed by atoms with E-state index in [-0.39, 0.29) is 17.8 Å². The minimum atomic E-state index is -0.237. The van der Waals surface area contributed by atoms with Gasteiger partial charge in [0.2, 0.25) is 0 Å². The van der Waals surface area contributed by atoms with Crippen molar-refractivity contribution in [1.29, 1.82) is 0 Å². The number of nitrogens with one attached hydrogen (secondary N) is 2. The van der Waals surface area contributed by atoms with Crippen LogP contribution >= 0.6 is 11.3 Å². The molecule has 196 valence electrons. The summed E-state index contributed by atoms with van der Waals surface area (Å²) in [5.41, 5.74) is 3.81. The van der Waals surface area contributed by atoms with E-state index in [1.165, 1.54) is 17.7 Å². The number of nitrogens with zero attached hydrogens (tertiary/aromatic N) is 3. The van der Waals surface area contributed by atoms with Crippen molar-refractivity contribution in [3.05, 3.63) is 70.6 Å². The number of likely N-dealkylation sites (tertiary alicyclic amines) is 1. The number of hydrogen-bond donors (Lipinski definition) is 2. The number of aromatic nitrogens is 1. The van der Waals surface area contributed by atoms with Gasteiger partial charge in [0.25, 0.3) is 5.91 Å². The van der Waals surface area contributed by atoms with E-state index < -0.39 is 0 Å². The molecule has 0 aliphatic carbocycles.